The topological polar surface area (TPSA) is 50.4 Å². The second-order valence-corrected chi connectivity index (χ2v) is 4.57. The van der Waals surface area contributed by atoms with Gasteiger partial charge in [0, 0.05) is 12.2 Å². The van der Waals surface area contributed by atoms with Crippen molar-refractivity contribution in [3.63, 3.8) is 0 Å². The third-order valence-electron chi connectivity index (χ3n) is 2.94. The van der Waals surface area contributed by atoms with Gasteiger partial charge >= 0.3 is 6.61 Å². The fraction of sp³-hybridized carbons (Fsp3) is 0.118. The van der Waals surface area contributed by atoms with Gasteiger partial charge in [-0.15, -0.1) is 6.58 Å². The average Bonchev–Trinajstić information content (AvgIpc) is 2.54. The molecule has 4 nitrogen and oxygen atoms in total. The molecule has 0 aromatic heterocycles. The predicted molar refractivity (Wildman–Crippen MR) is 85.3 cm³/mol. The zero-order valence-corrected chi connectivity index (χ0v) is 12.3. The first kappa shape index (κ1) is 16.5. The van der Waals surface area contributed by atoms with Crippen molar-refractivity contribution in [3.8, 4) is 5.75 Å². The molecule has 0 unspecified atom stereocenters. The minimum absolute atomic E-state index is 0.0718. The van der Waals surface area contributed by atoms with Gasteiger partial charge in [0.1, 0.15) is 5.75 Å². The van der Waals surface area contributed by atoms with Crippen molar-refractivity contribution in [2.45, 2.75) is 6.61 Å². The highest BCUT2D eigenvalue weighted by atomic mass is 19.3. The maximum absolute atomic E-state index is 12.1. The zero-order chi connectivity index (χ0) is 16.7. The van der Waals surface area contributed by atoms with Crippen LogP contribution in [0.2, 0.25) is 0 Å². The molecule has 2 N–H and O–H groups in total. The number of anilines is 2. The number of rotatable bonds is 7. The number of halogens is 2. The first-order valence-electron chi connectivity index (χ1n) is 6.90. The summed E-state index contributed by atoms with van der Waals surface area (Å²) in [6.07, 6.45) is 1.59. The minimum atomic E-state index is -2.86. The van der Waals surface area contributed by atoms with E-state index in [-0.39, 0.29) is 11.7 Å². The molecule has 23 heavy (non-hydrogen) atoms. The summed E-state index contributed by atoms with van der Waals surface area (Å²) in [4.78, 5) is 12.1. The fourth-order valence-electron chi connectivity index (χ4n) is 1.93. The van der Waals surface area contributed by atoms with Gasteiger partial charge in [-0.25, -0.2) is 0 Å². The molecule has 2 aromatic carbocycles. The summed E-state index contributed by atoms with van der Waals surface area (Å²) in [5.41, 5.74) is 1.73. The fourth-order valence-corrected chi connectivity index (χ4v) is 1.93. The van der Waals surface area contributed by atoms with Crippen LogP contribution in [0.15, 0.2) is 61.2 Å². The summed E-state index contributed by atoms with van der Waals surface area (Å²) in [6, 6.07) is 13.0. The molecule has 0 aliphatic rings. The molecular weight excluding hydrogens is 302 g/mol. The Morgan fingerprint density at radius 2 is 1.87 bits per heavy atom. The van der Waals surface area contributed by atoms with Crippen molar-refractivity contribution >= 4 is 17.3 Å². The number of alkyl halides is 2. The molecule has 0 fully saturated rings. The molecule has 0 saturated heterocycles. The molecule has 0 aliphatic heterocycles. The van der Waals surface area contributed by atoms with Crippen molar-refractivity contribution in [2.75, 3.05) is 11.9 Å². The highest BCUT2D eigenvalue weighted by molar-refractivity contribution is 6.00. The SMILES string of the molecule is C=CCNC(=O)c1ccccc1Nc1ccc(OC(F)F)cc1. The third-order valence-corrected chi connectivity index (χ3v) is 2.94. The lowest BCUT2D eigenvalue weighted by atomic mass is 10.1. The van der Waals surface area contributed by atoms with E-state index in [4.69, 9.17) is 0 Å². The van der Waals surface area contributed by atoms with E-state index >= 15 is 0 Å². The minimum Gasteiger partial charge on any atom is -0.435 e. The van der Waals surface area contributed by atoms with E-state index in [1.165, 1.54) is 12.1 Å². The molecule has 6 heteroatoms. The number of nitrogens with one attached hydrogen (secondary N) is 2. The van der Waals surface area contributed by atoms with Crippen molar-refractivity contribution in [3.05, 3.63) is 66.7 Å². The van der Waals surface area contributed by atoms with Gasteiger partial charge in [0.15, 0.2) is 0 Å². The number of benzene rings is 2. The monoisotopic (exact) mass is 318 g/mol. The van der Waals surface area contributed by atoms with Crippen LogP contribution in [-0.2, 0) is 0 Å². The molecule has 0 saturated carbocycles. The maximum Gasteiger partial charge on any atom is 0.387 e. The Balaban J connectivity index is 2.13. The van der Waals surface area contributed by atoms with Crippen LogP contribution in [0.1, 0.15) is 10.4 Å². The molecular formula is C17H16F2N2O2. The summed E-state index contributed by atoms with van der Waals surface area (Å²) in [5, 5.41) is 5.79. The normalized spacial score (nSPS) is 10.2. The Bertz CT molecular complexity index is 673. The number of para-hydroxylation sites is 1. The van der Waals surface area contributed by atoms with Crippen molar-refractivity contribution < 1.29 is 18.3 Å². The maximum atomic E-state index is 12.1. The molecule has 0 heterocycles. The van der Waals surface area contributed by atoms with E-state index in [1.807, 2.05) is 0 Å². The lowest BCUT2D eigenvalue weighted by Gasteiger charge is -2.12. The molecule has 1 amide bonds. The standard InChI is InChI=1S/C17H16F2N2O2/c1-2-11-20-16(22)14-5-3-4-6-15(14)21-12-7-9-13(10-8-12)23-17(18)19/h2-10,17,21H,1,11H2,(H,20,22). The molecule has 2 rings (SSSR count). The first-order valence-corrected chi connectivity index (χ1v) is 6.90. The lowest BCUT2D eigenvalue weighted by Crippen LogP contribution is -2.23. The number of ether oxygens (including phenoxy) is 1. The summed E-state index contributed by atoms with van der Waals surface area (Å²) in [7, 11) is 0. The molecule has 2 aromatic rings. The van der Waals surface area contributed by atoms with Crippen LogP contribution < -0.4 is 15.4 Å². The van der Waals surface area contributed by atoms with E-state index in [0.29, 0.717) is 23.5 Å². The van der Waals surface area contributed by atoms with Gasteiger partial charge in [0.05, 0.1) is 11.3 Å². The molecule has 0 spiro atoms. The summed E-state index contributed by atoms with van der Waals surface area (Å²) >= 11 is 0. The summed E-state index contributed by atoms with van der Waals surface area (Å²) in [6.45, 7) is 1.06. The number of hydrogen-bond donors (Lipinski definition) is 2. The van der Waals surface area contributed by atoms with E-state index in [2.05, 4.69) is 21.9 Å². The van der Waals surface area contributed by atoms with E-state index in [1.54, 1.807) is 42.5 Å². The number of carbonyl (C=O) groups excluding carboxylic acids is 1. The summed E-state index contributed by atoms with van der Waals surface area (Å²) in [5.74, 6) is -0.159. The highest BCUT2D eigenvalue weighted by Gasteiger charge is 2.10. The third kappa shape index (κ3) is 4.81. The van der Waals surface area contributed by atoms with Gasteiger partial charge in [0.2, 0.25) is 0 Å². The van der Waals surface area contributed by atoms with Crippen LogP contribution in [0.5, 0.6) is 5.75 Å². The van der Waals surface area contributed by atoms with Crippen LogP contribution in [0.3, 0.4) is 0 Å². The highest BCUT2D eigenvalue weighted by Crippen LogP contribution is 2.23. The van der Waals surface area contributed by atoms with Crippen molar-refractivity contribution in [1.82, 2.24) is 5.32 Å². The quantitative estimate of drug-likeness (QED) is 0.760. The Labute approximate surface area is 132 Å². The molecule has 0 bridgehead atoms. The predicted octanol–water partition coefficient (Wildman–Crippen LogP) is 3.95. The Hall–Kier alpha value is -2.89. The Morgan fingerprint density at radius 3 is 2.52 bits per heavy atom. The van der Waals surface area contributed by atoms with Crippen LogP contribution in [0.4, 0.5) is 20.2 Å². The summed E-state index contributed by atoms with van der Waals surface area (Å²) < 4.78 is 28.5. The first-order chi connectivity index (χ1) is 11.1. The van der Waals surface area contributed by atoms with Gasteiger partial charge in [-0.2, -0.15) is 8.78 Å². The van der Waals surface area contributed by atoms with Gasteiger partial charge in [0.25, 0.3) is 5.91 Å². The molecule has 0 radical (unpaired) electrons. The largest absolute Gasteiger partial charge is 0.435 e. The molecule has 120 valence electrons. The molecule has 0 aliphatic carbocycles. The van der Waals surface area contributed by atoms with Gasteiger partial charge in [-0.3, -0.25) is 4.79 Å². The number of carbonyl (C=O) groups is 1. The smallest absolute Gasteiger partial charge is 0.387 e. The second-order valence-electron chi connectivity index (χ2n) is 4.57. The van der Waals surface area contributed by atoms with Gasteiger partial charge in [-0.05, 0) is 36.4 Å². The second kappa shape index (κ2) is 7.93. The zero-order valence-electron chi connectivity index (χ0n) is 12.3. The van der Waals surface area contributed by atoms with Crippen molar-refractivity contribution in [2.24, 2.45) is 0 Å². The van der Waals surface area contributed by atoms with Crippen LogP contribution >= 0.6 is 0 Å². The van der Waals surface area contributed by atoms with Crippen LogP contribution in [0, 0.1) is 0 Å². The number of amides is 1. The van der Waals surface area contributed by atoms with E-state index < -0.39 is 6.61 Å². The molecule has 0 atom stereocenters. The average molecular weight is 318 g/mol. The Kier molecular flexibility index (Phi) is 5.68. The van der Waals surface area contributed by atoms with Crippen LogP contribution in [0.25, 0.3) is 0 Å². The van der Waals surface area contributed by atoms with Gasteiger partial charge in [-0.1, -0.05) is 18.2 Å². The Morgan fingerprint density at radius 1 is 1.17 bits per heavy atom. The van der Waals surface area contributed by atoms with Crippen LogP contribution in [-0.4, -0.2) is 19.1 Å². The van der Waals surface area contributed by atoms with E-state index in [0.717, 1.165) is 0 Å². The number of hydrogen-bond acceptors (Lipinski definition) is 3. The van der Waals surface area contributed by atoms with E-state index in [9.17, 15) is 13.6 Å². The van der Waals surface area contributed by atoms with Gasteiger partial charge < -0.3 is 15.4 Å². The van der Waals surface area contributed by atoms with Crippen molar-refractivity contribution in [1.29, 1.82) is 0 Å². The lowest BCUT2D eigenvalue weighted by molar-refractivity contribution is -0.0498.